The summed E-state index contributed by atoms with van der Waals surface area (Å²) in [6.45, 7) is 1.60. The molecule has 0 spiro atoms. The number of nitrogens with one attached hydrogen (secondary N) is 1. The standard InChI is InChI=1S/C7H9NO2S2/c1-3-4(2-9)6(11)5(10)7(12)8-3/h9-10H,2H2,1H3,(H2,8,11,12). The third-order valence-electron chi connectivity index (χ3n) is 1.64. The number of aromatic hydroxyl groups is 1. The van der Waals surface area contributed by atoms with Crippen molar-refractivity contribution in [3.05, 3.63) is 15.9 Å². The maximum Gasteiger partial charge on any atom is 0.164 e. The molecule has 0 unspecified atom stereocenters. The Kier molecular flexibility index (Phi) is 2.76. The van der Waals surface area contributed by atoms with E-state index in [0.29, 0.717) is 10.5 Å². The molecule has 0 atom stereocenters. The van der Waals surface area contributed by atoms with E-state index in [1.54, 1.807) is 6.92 Å². The number of hydrogen-bond donors (Lipinski definition) is 4. The summed E-state index contributed by atoms with van der Waals surface area (Å²) >= 11 is 8.83. The maximum absolute atomic E-state index is 9.32. The van der Waals surface area contributed by atoms with Crippen molar-refractivity contribution in [1.82, 2.24) is 4.98 Å². The largest absolute Gasteiger partial charge is 0.504 e. The zero-order valence-corrected chi connectivity index (χ0v) is 8.17. The van der Waals surface area contributed by atoms with Gasteiger partial charge in [0.2, 0.25) is 0 Å². The van der Waals surface area contributed by atoms with Crippen LogP contribution in [-0.4, -0.2) is 15.2 Å². The molecule has 0 fully saturated rings. The minimum absolute atomic E-state index is 0.0806. The molecule has 0 aliphatic carbocycles. The number of hydrogen-bond acceptors (Lipinski definition) is 4. The van der Waals surface area contributed by atoms with Gasteiger partial charge < -0.3 is 15.2 Å². The fraction of sp³-hybridized carbons (Fsp3) is 0.286. The van der Waals surface area contributed by atoms with E-state index in [1.165, 1.54) is 0 Å². The molecule has 3 nitrogen and oxygen atoms in total. The Bertz CT molecular complexity index is 359. The van der Waals surface area contributed by atoms with Crippen LogP contribution < -0.4 is 0 Å². The highest BCUT2D eigenvalue weighted by Gasteiger charge is 2.08. The Labute approximate surface area is 80.5 Å². The van der Waals surface area contributed by atoms with Gasteiger partial charge in [0, 0.05) is 11.3 Å². The van der Waals surface area contributed by atoms with Crippen LogP contribution in [0.2, 0.25) is 0 Å². The van der Waals surface area contributed by atoms with Crippen LogP contribution in [-0.2, 0) is 6.61 Å². The predicted molar refractivity (Wildman–Crippen MR) is 51.2 cm³/mol. The molecule has 0 saturated carbocycles. The fourth-order valence-corrected chi connectivity index (χ4v) is 1.61. The predicted octanol–water partition coefficient (Wildman–Crippen LogP) is 1.54. The Morgan fingerprint density at radius 1 is 1.58 bits per heavy atom. The number of H-pyrrole nitrogens is 1. The summed E-state index contributed by atoms with van der Waals surface area (Å²) in [5.41, 5.74) is 1.30. The molecule has 0 aromatic carbocycles. The molecule has 3 N–H and O–H groups in total. The lowest BCUT2D eigenvalue weighted by Crippen LogP contribution is -1.95. The molecule has 0 saturated heterocycles. The van der Waals surface area contributed by atoms with Crippen molar-refractivity contribution in [1.29, 1.82) is 0 Å². The SMILES string of the molecule is Cc1[nH]c(=S)c(O)c(S)c1CO. The van der Waals surface area contributed by atoms with Gasteiger partial charge in [-0.2, -0.15) is 0 Å². The molecule has 1 rings (SSSR count). The second-order valence-electron chi connectivity index (χ2n) is 2.41. The third-order valence-corrected chi connectivity index (χ3v) is 2.41. The van der Waals surface area contributed by atoms with Crippen LogP contribution in [0.5, 0.6) is 5.75 Å². The first-order valence-electron chi connectivity index (χ1n) is 3.32. The van der Waals surface area contributed by atoms with Crippen molar-refractivity contribution in [3.63, 3.8) is 0 Å². The molecule has 0 amide bonds. The summed E-state index contributed by atoms with van der Waals surface area (Å²) in [6.07, 6.45) is 0. The molecule has 1 aromatic rings. The van der Waals surface area contributed by atoms with Crippen molar-refractivity contribution in [2.75, 3.05) is 0 Å². The molecule has 0 aliphatic heterocycles. The van der Waals surface area contributed by atoms with Gasteiger partial charge in [-0.25, -0.2) is 0 Å². The van der Waals surface area contributed by atoms with Gasteiger partial charge in [0.05, 0.1) is 11.5 Å². The summed E-state index contributed by atoms with van der Waals surface area (Å²) in [4.78, 5) is 3.10. The number of aryl methyl sites for hydroxylation is 1. The Balaban J connectivity index is 3.51. The molecule has 1 aromatic heterocycles. The first-order valence-corrected chi connectivity index (χ1v) is 4.18. The van der Waals surface area contributed by atoms with Gasteiger partial charge in [-0.1, -0.05) is 12.2 Å². The van der Waals surface area contributed by atoms with E-state index >= 15 is 0 Å². The molecular weight excluding hydrogens is 194 g/mol. The van der Waals surface area contributed by atoms with E-state index in [0.717, 1.165) is 5.69 Å². The molecule has 0 aliphatic rings. The second kappa shape index (κ2) is 3.47. The third kappa shape index (κ3) is 1.48. The molecular formula is C7H9NO2S2. The highest BCUT2D eigenvalue weighted by molar-refractivity contribution is 7.80. The molecule has 0 bridgehead atoms. The molecule has 0 radical (unpaired) electrons. The Morgan fingerprint density at radius 2 is 2.17 bits per heavy atom. The van der Waals surface area contributed by atoms with Crippen LogP contribution in [0.4, 0.5) is 0 Å². The lowest BCUT2D eigenvalue weighted by molar-refractivity contribution is 0.276. The van der Waals surface area contributed by atoms with Gasteiger partial charge in [0.25, 0.3) is 0 Å². The van der Waals surface area contributed by atoms with E-state index in [-0.39, 0.29) is 17.0 Å². The van der Waals surface area contributed by atoms with E-state index in [9.17, 15) is 5.11 Å². The number of aromatic amines is 1. The van der Waals surface area contributed by atoms with Crippen LogP contribution in [0.1, 0.15) is 11.3 Å². The maximum atomic E-state index is 9.32. The van der Waals surface area contributed by atoms with Crippen LogP contribution in [0.3, 0.4) is 0 Å². The summed E-state index contributed by atoms with van der Waals surface area (Å²) in [7, 11) is 0. The van der Waals surface area contributed by atoms with Gasteiger partial charge in [0.1, 0.15) is 4.64 Å². The average Bonchev–Trinajstić information content (AvgIpc) is 2.01. The second-order valence-corrected chi connectivity index (χ2v) is 3.27. The lowest BCUT2D eigenvalue weighted by Gasteiger charge is -2.07. The van der Waals surface area contributed by atoms with Crippen LogP contribution in [0.15, 0.2) is 4.90 Å². The Hall–Kier alpha value is -0.520. The van der Waals surface area contributed by atoms with E-state index in [4.69, 9.17) is 17.3 Å². The molecule has 5 heteroatoms. The van der Waals surface area contributed by atoms with E-state index < -0.39 is 0 Å². The van der Waals surface area contributed by atoms with Crippen molar-refractivity contribution < 1.29 is 10.2 Å². The van der Waals surface area contributed by atoms with Crippen molar-refractivity contribution in [2.45, 2.75) is 18.4 Å². The summed E-state index contributed by atoms with van der Waals surface area (Å²) in [6, 6.07) is 0. The van der Waals surface area contributed by atoms with Crippen LogP contribution in [0.25, 0.3) is 0 Å². The first kappa shape index (κ1) is 9.57. The molecule has 66 valence electrons. The van der Waals surface area contributed by atoms with Gasteiger partial charge in [-0.15, -0.1) is 12.6 Å². The number of pyridine rings is 1. The average molecular weight is 203 g/mol. The number of aliphatic hydroxyl groups excluding tert-OH is 1. The van der Waals surface area contributed by atoms with Crippen LogP contribution >= 0.6 is 24.8 Å². The zero-order valence-electron chi connectivity index (χ0n) is 6.46. The van der Waals surface area contributed by atoms with Gasteiger partial charge in [0.15, 0.2) is 5.75 Å². The highest BCUT2D eigenvalue weighted by atomic mass is 32.1. The van der Waals surface area contributed by atoms with Gasteiger partial charge in [-0.3, -0.25) is 0 Å². The topological polar surface area (TPSA) is 56.2 Å². The monoisotopic (exact) mass is 203 g/mol. The smallest absolute Gasteiger partial charge is 0.164 e. The summed E-state index contributed by atoms with van der Waals surface area (Å²) in [5.74, 6) is -0.0806. The van der Waals surface area contributed by atoms with Crippen LogP contribution in [0, 0.1) is 11.6 Å². The van der Waals surface area contributed by atoms with Crippen molar-refractivity contribution in [3.8, 4) is 5.75 Å². The summed E-state index contributed by atoms with van der Waals surface area (Å²) < 4.78 is 0.245. The molecule has 1 heterocycles. The quantitative estimate of drug-likeness (QED) is 0.413. The van der Waals surface area contributed by atoms with Gasteiger partial charge in [-0.05, 0) is 6.92 Å². The number of thiol groups is 1. The van der Waals surface area contributed by atoms with E-state index in [1.807, 2.05) is 0 Å². The van der Waals surface area contributed by atoms with E-state index in [2.05, 4.69) is 17.6 Å². The molecule has 12 heavy (non-hydrogen) atoms. The minimum atomic E-state index is -0.162. The normalized spacial score (nSPS) is 10.2. The van der Waals surface area contributed by atoms with Crippen molar-refractivity contribution in [2.24, 2.45) is 0 Å². The Morgan fingerprint density at radius 3 is 2.67 bits per heavy atom. The number of aliphatic hydroxyl groups is 1. The minimum Gasteiger partial charge on any atom is -0.504 e. The summed E-state index contributed by atoms with van der Waals surface area (Å²) in [5, 5.41) is 18.2. The van der Waals surface area contributed by atoms with Gasteiger partial charge >= 0.3 is 0 Å². The van der Waals surface area contributed by atoms with Crippen molar-refractivity contribution >= 4 is 24.8 Å². The highest BCUT2D eigenvalue weighted by Crippen LogP contribution is 2.27. The fourth-order valence-electron chi connectivity index (χ4n) is 0.926. The number of rotatable bonds is 1. The first-order chi connectivity index (χ1) is 5.57. The lowest BCUT2D eigenvalue weighted by atomic mass is 10.2. The number of aromatic nitrogens is 1. The zero-order chi connectivity index (χ0) is 9.30.